The number of amides is 1. The predicted octanol–water partition coefficient (Wildman–Crippen LogP) is 0.711. The van der Waals surface area contributed by atoms with Gasteiger partial charge in [0.1, 0.15) is 5.69 Å². The van der Waals surface area contributed by atoms with Crippen molar-refractivity contribution in [1.82, 2.24) is 9.88 Å². The standard InChI is InChI=1S/C13H20N4O/c1-16(2)13(18)12-8-11(5-6-15-12)17-7-3-4-10(14)9-17/h5-6,8,10H,3-4,7,9,14H2,1-2H3/t10-/m1/s1. The van der Waals surface area contributed by atoms with Crippen LogP contribution in [0.2, 0.25) is 0 Å². The van der Waals surface area contributed by atoms with Gasteiger partial charge in [0.2, 0.25) is 0 Å². The van der Waals surface area contributed by atoms with Crippen LogP contribution in [0.3, 0.4) is 0 Å². The van der Waals surface area contributed by atoms with Gasteiger partial charge in [0, 0.05) is 45.1 Å². The molecule has 2 heterocycles. The topological polar surface area (TPSA) is 62.5 Å². The second-order valence-corrected chi connectivity index (χ2v) is 4.95. The molecule has 0 radical (unpaired) electrons. The summed E-state index contributed by atoms with van der Waals surface area (Å²) in [5.41, 5.74) is 7.49. The van der Waals surface area contributed by atoms with E-state index in [4.69, 9.17) is 5.73 Å². The highest BCUT2D eigenvalue weighted by Gasteiger charge is 2.18. The second-order valence-electron chi connectivity index (χ2n) is 4.95. The number of rotatable bonds is 2. The Hall–Kier alpha value is -1.62. The fourth-order valence-corrected chi connectivity index (χ4v) is 2.21. The first-order valence-corrected chi connectivity index (χ1v) is 6.26. The molecule has 1 fully saturated rings. The van der Waals surface area contributed by atoms with Gasteiger partial charge >= 0.3 is 0 Å². The molecule has 5 nitrogen and oxygen atoms in total. The number of nitrogens with zero attached hydrogens (tertiary/aromatic N) is 3. The molecule has 0 spiro atoms. The van der Waals surface area contributed by atoms with Crippen LogP contribution in [0.15, 0.2) is 18.3 Å². The van der Waals surface area contributed by atoms with Crippen LogP contribution in [0, 0.1) is 0 Å². The average Bonchev–Trinajstić information content (AvgIpc) is 2.38. The zero-order chi connectivity index (χ0) is 13.1. The maximum Gasteiger partial charge on any atom is 0.272 e. The highest BCUT2D eigenvalue weighted by atomic mass is 16.2. The van der Waals surface area contributed by atoms with E-state index in [2.05, 4.69) is 9.88 Å². The highest BCUT2D eigenvalue weighted by Crippen LogP contribution is 2.19. The van der Waals surface area contributed by atoms with E-state index in [0.29, 0.717) is 5.69 Å². The molecule has 0 aromatic carbocycles. The highest BCUT2D eigenvalue weighted by molar-refractivity contribution is 5.92. The molecular weight excluding hydrogens is 228 g/mol. The smallest absolute Gasteiger partial charge is 0.272 e. The lowest BCUT2D eigenvalue weighted by atomic mass is 10.1. The summed E-state index contributed by atoms with van der Waals surface area (Å²) >= 11 is 0. The van der Waals surface area contributed by atoms with Crippen molar-refractivity contribution in [3.05, 3.63) is 24.0 Å². The van der Waals surface area contributed by atoms with E-state index in [1.54, 1.807) is 20.3 Å². The Morgan fingerprint density at radius 3 is 3.00 bits per heavy atom. The van der Waals surface area contributed by atoms with Gasteiger partial charge in [-0.15, -0.1) is 0 Å². The molecule has 98 valence electrons. The van der Waals surface area contributed by atoms with E-state index in [1.807, 2.05) is 12.1 Å². The van der Waals surface area contributed by atoms with Gasteiger partial charge in [0.05, 0.1) is 0 Å². The molecule has 1 atom stereocenters. The van der Waals surface area contributed by atoms with Crippen LogP contribution in [0.25, 0.3) is 0 Å². The number of pyridine rings is 1. The molecule has 18 heavy (non-hydrogen) atoms. The van der Waals surface area contributed by atoms with Crippen LogP contribution in [-0.2, 0) is 0 Å². The van der Waals surface area contributed by atoms with Crippen LogP contribution in [-0.4, -0.2) is 49.0 Å². The van der Waals surface area contributed by atoms with E-state index < -0.39 is 0 Å². The minimum absolute atomic E-state index is 0.0712. The lowest BCUT2D eigenvalue weighted by Crippen LogP contribution is -2.42. The van der Waals surface area contributed by atoms with Gasteiger partial charge in [-0.25, -0.2) is 0 Å². The van der Waals surface area contributed by atoms with E-state index >= 15 is 0 Å². The molecule has 1 aliphatic rings. The summed E-state index contributed by atoms with van der Waals surface area (Å²) in [5, 5.41) is 0. The lowest BCUT2D eigenvalue weighted by molar-refractivity contribution is 0.0822. The number of nitrogens with two attached hydrogens (primary N) is 1. The van der Waals surface area contributed by atoms with Gasteiger partial charge in [-0.2, -0.15) is 0 Å². The number of aromatic nitrogens is 1. The Morgan fingerprint density at radius 1 is 1.56 bits per heavy atom. The van der Waals surface area contributed by atoms with Gasteiger partial charge < -0.3 is 15.5 Å². The lowest BCUT2D eigenvalue weighted by Gasteiger charge is -2.32. The number of anilines is 1. The maximum absolute atomic E-state index is 11.9. The summed E-state index contributed by atoms with van der Waals surface area (Å²) in [4.78, 5) is 19.7. The first kappa shape index (κ1) is 12.8. The van der Waals surface area contributed by atoms with Crippen molar-refractivity contribution in [2.45, 2.75) is 18.9 Å². The van der Waals surface area contributed by atoms with Crippen LogP contribution >= 0.6 is 0 Å². The van der Waals surface area contributed by atoms with Gasteiger partial charge in [0.15, 0.2) is 0 Å². The molecule has 1 amide bonds. The minimum atomic E-state index is -0.0712. The largest absolute Gasteiger partial charge is 0.370 e. The monoisotopic (exact) mass is 248 g/mol. The summed E-state index contributed by atoms with van der Waals surface area (Å²) in [6.07, 6.45) is 3.86. The van der Waals surface area contributed by atoms with Crippen molar-refractivity contribution < 1.29 is 4.79 Å². The van der Waals surface area contributed by atoms with Crippen molar-refractivity contribution in [2.75, 3.05) is 32.1 Å². The number of carbonyl (C=O) groups is 1. The summed E-state index contributed by atoms with van der Waals surface area (Å²) in [6, 6.07) is 4.00. The molecule has 0 aliphatic carbocycles. The quantitative estimate of drug-likeness (QED) is 0.837. The fraction of sp³-hybridized carbons (Fsp3) is 0.538. The third-order valence-electron chi connectivity index (χ3n) is 3.19. The van der Waals surface area contributed by atoms with Crippen LogP contribution in [0.5, 0.6) is 0 Å². The van der Waals surface area contributed by atoms with Crippen molar-refractivity contribution >= 4 is 11.6 Å². The Labute approximate surface area is 108 Å². The molecule has 1 aromatic heterocycles. The summed E-state index contributed by atoms with van der Waals surface area (Å²) in [7, 11) is 3.46. The van der Waals surface area contributed by atoms with Crippen molar-refractivity contribution in [2.24, 2.45) is 5.73 Å². The Kier molecular flexibility index (Phi) is 3.81. The second kappa shape index (κ2) is 5.35. The van der Waals surface area contributed by atoms with E-state index in [-0.39, 0.29) is 11.9 Å². The molecule has 0 unspecified atom stereocenters. The van der Waals surface area contributed by atoms with Gasteiger partial charge in [-0.1, -0.05) is 0 Å². The minimum Gasteiger partial charge on any atom is -0.370 e. The summed E-state index contributed by atoms with van der Waals surface area (Å²) in [5.74, 6) is -0.0712. The SMILES string of the molecule is CN(C)C(=O)c1cc(N2CCC[C@@H](N)C2)ccn1. The van der Waals surface area contributed by atoms with Crippen molar-refractivity contribution in [1.29, 1.82) is 0 Å². The molecule has 1 saturated heterocycles. The van der Waals surface area contributed by atoms with Crippen LogP contribution in [0.1, 0.15) is 23.3 Å². The normalized spacial score (nSPS) is 19.7. The van der Waals surface area contributed by atoms with E-state index in [0.717, 1.165) is 31.6 Å². The number of piperidine rings is 1. The molecule has 2 N–H and O–H groups in total. The Morgan fingerprint density at radius 2 is 2.33 bits per heavy atom. The van der Waals surface area contributed by atoms with Crippen LogP contribution in [0.4, 0.5) is 5.69 Å². The first-order chi connectivity index (χ1) is 8.58. The zero-order valence-corrected chi connectivity index (χ0v) is 11.0. The number of hydrogen-bond donors (Lipinski definition) is 1. The fourth-order valence-electron chi connectivity index (χ4n) is 2.21. The maximum atomic E-state index is 11.9. The number of carbonyl (C=O) groups excluding carboxylic acids is 1. The Balaban J connectivity index is 2.19. The molecule has 1 aliphatic heterocycles. The molecule has 0 bridgehead atoms. The summed E-state index contributed by atoms with van der Waals surface area (Å²) in [6.45, 7) is 1.84. The molecule has 2 rings (SSSR count). The molecule has 5 heteroatoms. The van der Waals surface area contributed by atoms with Crippen molar-refractivity contribution in [3.63, 3.8) is 0 Å². The number of hydrogen-bond acceptors (Lipinski definition) is 4. The van der Waals surface area contributed by atoms with E-state index in [9.17, 15) is 4.79 Å². The van der Waals surface area contributed by atoms with Crippen LogP contribution < -0.4 is 10.6 Å². The third-order valence-corrected chi connectivity index (χ3v) is 3.19. The Bertz CT molecular complexity index is 433. The first-order valence-electron chi connectivity index (χ1n) is 6.26. The zero-order valence-electron chi connectivity index (χ0n) is 11.0. The van der Waals surface area contributed by atoms with Gasteiger partial charge in [-0.05, 0) is 25.0 Å². The molecule has 1 aromatic rings. The van der Waals surface area contributed by atoms with E-state index in [1.165, 1.54) is 4.90 Å². The predicted molar refractivity (Wildman–Crippen MR) is 71.7 cm³/mol. The summed E-state index contributed by atoms with van der Waals surface area (Å²) < 4.78 is 0. The molecular formula is C13H20N4O. The van der Waals surface area contributed by atoms with Gasteiger partial charge in [0.25, 0.3) is 5.91 Å². The average molecular weight is 248 g/mol. The molecule has 0 saturated carbocycles. The van der Waals surface area contributed by atoms with Gasteiger partial charge in [-0.3, -0.25) is 9.78 Å². The third kappa shape index (κ3) is 2.79. The van der Waals surface area contributed by atoms with Crippen molar-refractivity contribution in [3.8, 4) is 0 Å².